The fourth-order valence-electron chi connectivity index (χ4n) is 4.74. The molecule has 1 aromatic heterocycles. The Kier molecular flexibility index (Phi) is 7.70. The summed E-state index contributed by atoms with van der Waals surface area (Å²) < 4.78 is 5.59. The number of nitriles is 1. The minimum Gasteiger partial charge on any atom is -0.368 e. The summed E-state index contributed by atoms with van der Waals surface area (Å²) in [6.45, 7) is 9.29. The number of carbonyl (C=O) groups excluding carboxylic acids is 2. The van der Waals surface area contributed by atoms with E-state index >= 15 is 0 Å². The minimum atomic E-state index is -0.309. The predicted molar refractivity (Wildman–Crippen MR) is 133 cm³/mol. The van der Waals surface area contributed by atoms with E-state index in [1.54, 1.807) is 19.1 Å². The van der Waals surface area contributed by atoms with Crippen molar-refractivity contribution in [2.75, 3.05) is 31.6 Å². The Hall–Kier alpha value is -2.99. The second-order valence-corrected chi connectivity index (χ2v) is 9.75. The SMILES string of the molecule is Cc1cc(C(=O)Nc2cc(Cl)cc(CN3CCN(C(=O)[C@H]4CCCO4)[C@@H](C)C3)c2C)cnc1C#N. The number of benzene rings is 1. The van der Waals surface area contributed by atoms with Crippen molar-refractivity contribution < 1.29 is 14.3 Å². The Morgan fingerprint density at radius 3 is 2.74 bits per heavy atom. The first kappa shape index (κ1) is 25.1. The van der Waals surface area contributed by atoms with Crippen LogP contribution in [0, 0.1) is 25.2 Å². The first-order valence-electron chi connectivity index (χ1n) is 11.9. The molecule has 1 aromatic carbocycles. The number of aryl methyl sites for hydroxylation is 1. The molecule has 35 heavy (non-hydrogen) atoms. The molecule has 0 saturated carbocycles. The molecule has 0 bridgehead atoms. The van der Waals surface area contributed by atoms with E-state index in [-0.39, 0.29) is 24.0 Å². The summed E-state index contributed by atoms with van der Waals surface area (Å²) in [4.78, 5) is 34.0. The normalized spacial score (nSPS) is 20.5. The van der Waals surface area contributed by atoms with Gasteiger partial charge < -0.3 is 15.0 Å². The van der Waals surface area contributed by atoms with Crippen LogP contribution in [0.4, 0.5) is 5.69 Å². The highest BCUT2D eigenvalue weighted by Crippen LogP contribution is 2.28. The smallest absolute Gasteiger partial charge is 0.257 e. The van der Waals surface area contributed by atoms with E-state index < -0.39 is 0 Å². The van der Waals surface area contributed by atoms with E-state index in [4.69, 9.17) is 21.6 Å². The van der Waals surface area contributed by atoms with E-state index in [0.29, 0.717) is 47.2 Å². The molecule has 2 amide bonds. The third-order valence-electron chi connectivity index (χ3n) is 6.77. The number of hydrogen-bond acceptors (Lipinski definition) is 6. The Morgan fingerprint density at radius 1 is 1.29 bits per heavy atom. The zero-order valence-corrected chi connectivity index (χ0v) is 21.1. The Labute approximate surface area is 210 Å². The number of rotatable bonds is 5. The van der Waals surface area contributed by atoms with E-state index in [1.807, 2.05) is 24.0 Å². The number of piperazine rings is 1. The second kappa shape index (κ2) is 10.7. The highest BCUT2D eigenvalue weighted by molar-refractivity contribution is 6.31. The summed E-state index contributed by atoms with van der Waals surface area (Å²) in [5, 5.41) is 12.5. The number of pyridine rings is 1. The van der Waals surface area contributed by atoms with Crippen LogP contribution in [0.25, 0.3) is 0 Å². The Balaban J connectivity index is 1.43. The van der Waals surface area contributed by atoms with Crippen LogP contribution in [0.5, 0.6) is 0 Å². The average molecular weight is 496 g/mol. The lowest BCUT2D eigenvalue weighted by molar-refractivity contribution is -0.145. The average Bonchev–Trinajstić information content (AvgIpc) is 3.37. The van der Waals surface area contributed by atoms with Gasteiger partial charge in [0, 0.05) is 55.7 Å². The number of nitrogens with zero attached hydrogens (tertiary/aromatic N) is 4. The van der Waals surface area contributed by atoms with Crippen molar-refractivity contribution in [3.05, 3.63) is 57.4 Å². The molecule has 2 fully saturated rings. The first-order valence-corrected chi connectivity index (χ1v) is 12.3. The maximum absolute atomic E-state index is 12.8. The van der Waals surface area contributed by atoms with Crippen LogP contribution in [0.1, 0.15) is 52.5 Å². The number of hydrogen-bond donors (Lipinski definition) is 1. The topological polar surface area (TPSA) is 98.6 Å². The lowest BCUT2D eigenvalue weighted by Gasteiger charge is -2.41. The van der Waals surface area contributed by atoms with Crippen molar-refractivity contribution in [1.29, 1.82) is 5.26 Å². The van der Waals surface area contributed by atoms with Crippen molar-refractivity contribution in [1.82, 2.24) is 14.8 Å². The van der Waals surface area contributed by atoms with Gasteiger partial charge >= 0.3 is 0 Å². The summed E-state index contributed by atoms with van der Waals surface area (Å²) >= 11 is 6.42. The van der Waals surface area contributed by atoms with Crippen LogP contribution in [-0.2, 0) is 16.1 Å². The van der Waals surface area contributed by atoms with Crippen LogP contribution in [0.15, 0.2) is 24.4 Å². The third-order valence-corrected chi connectivity index (χ3v) is 6.99. The lowest BCUT2D eigenvalue weighted by atomic mass is 10.0. The molecule has 2 aromatic rings. The van der Waals surface area contributed by atoms with Gasteiger partial charge in [-0.1, -0.05) is 11.6 Å². The van der Waals surface area contributed by atoms with E-state index in [0.717, 1.165) is 37.1 Å². The first-order chi connectivity index (χ1) is 16.8. The molecule has 4 rings (SSSR count). The number of aromatic nitrogens is 1. The molecule has 2 aliphatic heterocycles. The van der Waals surface area contributed by atoms with Crippen molar-refractivity contribution in [2.24, 2.45) is 0 Å². The Morgan fingerprint density at radius 2 is 2.09 bits per heavy atom. The molecule has 1 N–H and O–H groups in total. The van der Waals surface area contributed by atoms with Crippen LogP contribution < -0.4 is 5.32 Å². The molecule has 0 radical (unpaired) electrons. The molecule has 0 aliphatic carbocycles. The van der Waals surface area contributed by atoms with Gasteiger partial charge in [0.1, 0.15) is 17.9 Å². The summed E-state index contributed by atoms with van der Waals surface area (Å²) in [7, 11) is 0. The molecule has 184 valence electrons. The van der Waals surface area contributed by atoms with Crippen LogP contribution in [-0.4, -0.2) is 65.0 Å². The highest BCUT2D eigenvalue weighted by Gasteiger charge is 2.34. The van der Waals surface area contributed by atoms with Crippen molar-refractivity contribution >= 4 is 29.1 Å². The molecule has 2 aliphatic rings. The minimum absolute atomic E-state index is 0.0891. The molecule has 0 unspecified atom stereocenters. The Bertz CT molecular complexity index is 1170. The molecular formula is C26H30ClN5O3. The standard InChI is InChI=1S/C26H30ClN5O3/c1-16-9-19(13-29-23(16)12-28)25(33)30-22-11-21(27)10-20(18(22)3)15-31-6-7-32(17(2)14-31)26(34)24-5-4-8-35-24/h9-11,13,17,24H,4-8,14-15H2,1-3H3,(H,30,33)/t17-,24+/m0/s1. The van der Waals surface area contributed by atoms with Gasteiger partial charge in [0.2, 0.25) is 0 Å². The fourth-order valence-corrected chi connectivity index (χ4v) is 4.98. The zero-order valence-electron chi connectivity index (χ0n) is 20.3. The van der Waals surface area contributed by atoms with Gasteiger partial charge in [-0.3, -0.25) is 14.5 Å². The van der Waals surface area contributed by atoms with Crippen molar-refractivity contribution in [2.45, 2.75) is 52.3 Å². The largest absolute Gasteiger partial charge is 0.368 e. The van der Waals surface area contributed by atoms with Crippen LogP contribution >= 0.6 is 11.6 Å². The van der Waals surface area contributed by atoms with Crippen molar-refractivity contribution in [3.63, 3.8) is 0 Å². The molecule has 2 saturated heterocycles. The summed E-state index contributed by atoms with van der Waals surface area (Å²) in [5.74, 6) is -0.206. The molecule has 0 spiro atoms. The number of amides is 2. The summed E-state index contributed by atoms with van der Waals surface area (Å²) in [6.07, 6.45) is 2.86. The predicted octanol–water partition coefficient (Wildman–Crippen LogP) is 3.69. The number of halogens is 1. The number of ether oxygens (including phenoxy) is 1. The summed E-state index contributed by atoms with van der Waals surface area (Å²) in [5.41, 5.74) is 3.92. The molecule has 8 nitrogen and oxygen atoms in total. The monoisotopic (exact) mass is 495 g/mol. The van der Waals surface area contributed by atoms with Gasteiger partial charge in [-0.05, 0) is 68.5 Å². The maximum Gasteiger partial charge on any atom is 0.257 e. The molecule has 9 heteroatoms. The molecular weight excluding hydrogens is 466 g/mol. The quantitative estimate of drug-likeness (QED) is 0.679. The second-order valence-electron chi connectivity index (χ2n) is 9.31. The summed E-state index contributed by atoms with van der Waals surface area (Å²) in [6, 6.07) is 7.41. The van der Waals surface area contributed by atoms with Gasteiger partial charge in [0.15, 0.2) is 0 Å². The van der Waals surface area contributed by atoms with Gasteiger partial charge in [0.05, 0.1) is 5.56 Å². The molecule has 2 atom stereocenters. The van der Waals surface area contributed by atoms with Crippen molar-refractivity contribution in [3.8, 4) is 6.07 Å². The number of carbonyl (C=O) groups is 2. The van der Waals surface area contributed by atoms with E-state index in [9.17, 15) is 9.59 Å². The van der Waals surface area contributed by atoms with Crippen LogP contribution in [0.2, 0.25) is 5.02 Å². The van der Waals surface area contributed by atoms with Gasteiger partial charge in [-0.2, -0.15) is 5.26 Å². The molecule has 3 heterocycles. The van der Waals surface area contributed by atoms with Gasteiger partial charge in [0.25, 0.3) is 11.8 Å². The highest BCUT2D eigenvalue weighted by atomic mass is 35.5. The van der Waals surface area contributed by atoms with Gasteiger partial charge in [-0.25, -0.2) is 4.98 Å². The lowest BCUT2D eigenvalue weighted by Crippen LogP contribution is -2.55. The van der Waals surface area contributed by atoms with Gasteiger partial charge in [-0.15, -0.1) is 0 Å². The third kappa shape index (κ3) is 5.64. The number of anilines is 1. The van der Waals surface area contributed by atoms with Crippen LogP contribution in [0.3, 0.4) is 0 Å². The van der Waals surface area contributed by atoms with E-state index in [1.165, 1.54) is 6.20 Å². The fraction of sp³-hybridized carbons (Fsp3) is 0.462. The number of nitrogens with one attached hydrogen (secondary N) is 1. The zero-order chi connectivity index (χ0) is 25.1. The van der Waals surface area contributed by atoms with E-state index in [2.05, 4.69) is 22.1 Å². The maximum atomic E-state index is 12.8.